The maximum absolute atomic E-state index is 13.8. The molecule has 20 heavy (non-hydrogen) atoms. The van der Waals surface area contributed by atoms with Gasteiger partial charge in [0.25, 0.3) is 0 Å². The van der Waals surface area contributed by atoms with Crippen LogP contribution in [0.5, 0.6) is 5.75 Å². The molecule has 2 unspecified atom stereocenters. The number of nitrogens with two attached hydrogens (primary N) is 1. The predicted molar refractivity (Wildman–Crippen MR) is 78.6 cm³/mol. The maximum atomic E-state index is 13.8. The second-order valence-electron chi connectivity index (χ2n) is 5.49. The number of anilines is 2. The van der Waals surface area contributed by atoms with Gasteiger partial charge < -0.3 is 20.5 Å². The van der Waals surface area contributed by atoms with Gasteiger partial charge in [0.2, 0.25) is 0 Å². The van der Waals surface area contributed by atoms with Gasteiger partial charge in [-0.05, 0) is 33.1 Å². The number of hydrogen-bond acceptors (Lipinski definition) is 4. The lowest BCUT2D eigenvalue weighted by Crippen LogP contribution is -2.30. The highest BCUT2D eigenvalue weighted by Gasteiger charge is 2.27. The molecule has 1 aromatic rings. The molecule has 4 nitrogen and oxygen atoms in total. The average molecular weight is 282 g/mol. The number of ether oxygens (including phenoxy) is 2. The van der Waals surface area contributed by atoms with Crippen molar-refractivity contribution in [1.29, 1.82) is 0 Å². The summed E-state index contributed by atoms with van der Waals surface area (Å²) in [4.78, 5) is 0. The van der Waals surface area contributed by atoms with E-state index in [9.17, 15) is 4.39 Å². The molecule has 1 aromatic carbocycles. The number of nitrogen functional groups attached to an aromatic ring is 1. The Morgan fingerprint density at radius 1 is 1.35 bits per heavy atom. The first kappa shape index (κ1) is 14.9. The van der Waals surface area contributed by atoms with Crippen LogP contribution in [0.2, 0.25) is 0 Å². The van der Waals surface area contributed by atoms with Gasteiger partial charge in [-0.15, -0.1) is 0 Å². The number of benzene rings is 1. The first-order valence-electron chi connectivity index (χ1n) is 7.06. The van der Waals surface area contributed by atoms with Crippen LogP contribution < -0.4 is 15.8 Å². The monoisotopic (exact) mass is 282 g/mol. The number of methoxy groups -OCH3 is 1. The summed E-state index contributed by atoms with van der Waals surface area (Å²) in [6.07, 6.45) is 3.26. The molecular weight excluding hydrogens is 259 g/mol. The molecule has 1 saturated carbocycles. The molecule has 0 radical (unpaired) electrons. The summed E-state index contributed by atoms with van der Waals surface area (Å²) >= 11 is 0. The van der Waals surface area contributed by atoms with Crippen LogP contribution >= 0.6 is 0 Å². The topological polar surface area (TPSA) is 56.5 Å². The normalized spacial score (nSPS) is 22.2. The van der Waals surface area contributed by atoms with Crippen molar-refractivity contribution >= 4 is 11.4 Å². The first-order valence-corrected chi connectivity index (χ1v) is 7.06. The number of halogens is 1. The van der Waals surface area contributed by atoms with Crippen molar-refractivity contribution in [2.75, 3.05) is 18.2 Å². The Labute approximate surface area is 119 Å². The second kappa shape index (κ2) is 6.31. The SMILES string of the molecule is COC1CCCC1Nc1cc(OC(C)C)c(F)cc1N. The lowest BCUT2D eigenvalue weighted by molar-refractivity contribution is 0.101. The molecule has 0 aromatic heterocycles. The van der Waals surface area contributed by atoms with Crippen LogP contribution in [0.4, 0.5) is 15.8 Å². The fourth-order valence-corrected chi connectivity index (χ4v) is 2.61. The predicted octanol–water partition coefficient (Wildman–Crippen LogP) is 3.17. The molecule has 1 aliphatic rings. The van der Waals surface area contributed by atoms with Crippen molar-refractivity contribution in [3.63, 3.8) is 0 Å². The van der Waals surface area contributed by atoms with E-state index >= 15 is 0 Å². The van der Waals surface area contributed by atoms with E-state index in [1.807, 2.05) is 13.8 Å². The largest absolute Gasteiger partial charge is 0.488 e. The second-order valence-corrected chi connectivity index (χ2v) is 5.49. The summed E-state index contributed by atoms with van der Waals surface area (Å²) in [5.74, 6) is -0.208. The van der Waals surface area contributed by atoms with E-state index in [1.165, 1.54) is 6.07 Å². The Hall–Kier alpha value is -1.49. The zero-order valence-electron chi connectivity index (χ0n) is 12.3. The highest BCUT2D eigenvalue weighted by Crippen LogP contribution is 2.32. The molecule has 1 aliphatic carbocycles. The Morgan fingerprint density at radius 3 is 2.75 bits per heavy atom. The van der Waals surface area contributed by atoms with Gasteiger partial charge in [0.1, 0.15) is 0 Å². The fourth-order valence-electron chi connectivity index (χ4n) is 2.61. The molecule has 3 N–H and O–H groups in total. The van der Waals surface area contributed by atoms with E-state index in [1.54, 1.807) is 13.2 Å². The van der Waals surface area contributed by atoms with Crippen LogP contribution in [-0.2, 0) is 4.74 Å². The summed E-state index contributed by atoms with van der Waals surface area (Å²) in [7, 11) is 1.71. The summed E-state index contributed by atoms with van der Waals surface area (Å²) in [6, 6.07) is 3.15. The van der Waals surface area contributed by atoms with Crippen LogP contribution in [0.1, 0.15) is 33.1 Å². The van der Waals surface area contributed by atoms with E-state index in [4.69, 9.17) is 15.2 Å². The average Bonchev–Trinajstić information content (AvgIpc) is 2.82. The number of nitrogens with one attached hydrogen (secondary N) is 1. The molecule has 0 spiro atoms. The van der Waals surface area contributed by atoms with E-state index in [0.717, 1.165) is 19.3 Å². The minimum atomic E-state index is -0.434. The fraction of sp³-hybridized carbons (Fsp3) is 0.600. The third kappa shape index (κ3) is 3.33. The van der Waals surface area contributed by atoms with Gasteiger partial charge in [-0.2, -0.15) is 0 Å². The van der Waals surface area contributed by atoms with Crippen molar-refractivity contribution in [3.05, 3.63) is 17.9 Å². The van der Waals surface area contributed by atoms with Crippen molar-refractivity contribution in [2.45, 2.75) is 51.4 Å². The van der Waals surface area contributed by atoms with Gasteiger partial charge >= 0.3 is 0 Å². The Morgan fingerprint density at radius 2 is 2.10 bits per heavy atom. The highest BCUT2D eigenvalue weighted by molar-refractivity contribution is 5.69. The molecule has 2 atom stereocenters. The molecular formula is C15H23FN2O2. The molecule has 2 rings (SSSR count). The molecule has 0 saturated heterocycles. The van der Waals surface area contributed by atoms with Gasteiger partial charge in [-0.1, -0.05) is 0 Å². The van der Waals surface area contributed by atoms with Crippen molar-refractivity contribution in [3.8, 4) is 5.75 Å². The van der Waals surface area contributed by atoms with Crippen LogP contribution in [0, 0.1) is 5.82 Å². The molecule has 0 amide bonds. The molecule has 0 heterocycles. The van der Waals surface area contributed by atoms with Gasteiger partial charge in [0.15, 0.2) is 11.6 Å². The molecule has 0 bridgehead atoms. The molecule has 0 aliphatic heterocycles. The molecule has 112 valence electrons. The Kier molecular flexibility index (Phi) is 4.70. The first-order chi connectivity index (χ1) is 9.51. The lowest BCUT2D eigenvalue weighted by atomic mass is 10.1. The van der Waals surface area contributed by atoms with Gasteiger partial charge in [-0.3, -0.25) is 0 Å². The zero-order valence-corrected chi connectivity index (χ0v) is 12.3. The van der Waals surface area contributed by atoms with Gasteiger partial charge in [0.05, 0.1) is 29.6 Å². The van der Waals surface area contributed by atoms with Crippen molar-refractivity contribution in [2.24, 2.45) is 0 Å². The number of rotatable bonds is 5. The quantitative estimate of drug-likeness (QED) is 0.814. The van der Waals surface area contributed by atoms with E-state index < -0.39 is 5.82 Å². The zero-order chi connectivity index (χ0) is 14.7. The van der Waals surface area contributed by atoms with Crippen LogP contribution in [-0.4, -0.2) is 25.4 Å². The summed E-state index contributed by atoms with van der Waals surface area (Å²) in [5.41, 5.74) is 6.98. The van der Waals surface area contributed by atoms with Crippen LogP contribution in [0.25, 0.3) is 0 Å². The Bertz CT molecular complexity index is 465. The third-order valence-electron chi connectivity index (χ3n) is 3.56. The lowest BCUT2D eigenvalue weighted by Gasteiger charge is -2.22. The smallest absolute Gasteiger partial charge is 0.167 e. The van der Waals surface area contributed by atoms with E-state index in [-0.39, 0.29) is 24.0 Å². The van der Waals surface area contributed by atoms with E-state index in [2.05, 4.69) is 5.32 Å². The maximum Gasteiger partial charge on any atom is 0.167 e. The summed E-state index contributed by atoms with van der Waals surface area (Å²) < 4.78 is 24.7. The third-order valence-corrected chi connectivity index (χ3v) is 3.56. The highest BCUT2D eigenvalue weighted by atomic mass is 19.1. The molecule has 1 fully saturated rings. The number of hydrogen-bond donors (Lipinski definition) is 2. The van der Waals surface area contributed by atoms with Gasteiger partial charge in [0, 0.05) is 19.2 Å². The van der Waals surface area contributed by atoms with Crippen molar-refractivity contribution < 1.29 is 13.9 Å². The summed E-state index contributed by atoms with van der Waals surface area (Å²) in [6.45, 7) is 3.72. The Balaban J connectivity index is 2.18. The minimum absolute atomic E-state index is 0.0841. The minimum Gasteiger partial charge on any atom is -0.488 e. The standard InChI is InChI=1S/C15H23FN2O2/c1-9(2)20-15-8-13(11(17)7-10(15)16)18-12-5-4-6-14(12)19-3/h7-9,12,14,18H,4-6,17H2,1-3H3. The summed E-state index contributed by atoms with van der Waals surface area (Å²) in [5, 5.41) is 3.35. The van der Waals surface area contributed by atoms with Crippen molar-refractivity contribution in [1.82, 2.24) is 0 Å². The van der Waals surface area contributed by atoms with Crippen LogP contribution in [0.15, 0.2) is 12.1 Å². The van der Waals surface area contributed by atoms with Crippen LogP contribution in [0.3, 0.4) is 0 Å². The van der Waals surface area contributed by atoms with Gasteiger partial charge in [-0.25, -0.2) is 4.39 Å². The molecule has 5 heteroatoms. The van der Waals surface area contributed by atoms with E-state index in [0.29, 0.717) is 11.4 Å².